The highest BCUT2D eigenvalue weighted by Crippen LogP contribution is 2.07. The molecule has 114 valence electrons. The largest absolute Gasteiger partial charge is 0.444 e. The highest BCUT2D eigenvalue weighted by molar-refractivity contribution is 5.68. The summed E-state index contributed by atoms with van der Waals surface area (Å²) < 4.78 is 15.3. The minimum Gasteiger partial charge on any atom is -0.444 e. The van der Waals surface area contributed by atoms with Gasteiger partial charge in [-0.05, 0) is 27.2 Å². The van der Waals surface area contributed by atoms with Crippen molar-refractivity contribution in [2.75, 3.05) is 27.3 Å². The summed E-state index contributed by atoms with van der Waals surface area (Å²) >= 11 is 0. The molecule has 0 aromatic carbocycles. The van der Waals surface area contributed by atoms with E-state index in [4.69, 9.17) is 14.2 Å². The second-order valence-electron chi connectivity index (χ2n) is 5.31. The first-order valence-electron chi connectivity index (χ1n) is 6.58. The Bertz CT molecular complexity index is 250. The number of rotatable bonds is 8. The van der Waals surface area contributed by atoms with Crippen molar-refractivity contribution in [3.63, 3.8) is 0 Å². The zero-order chi connectivity index (χ0) is 14.9. The molecule has 0 heterocycles. The van der Waals surface area contributed by atoms with Crippen molar-refractivity contribution < 1.29 is 19.0 Å². The standard InChI is InChI=1S/C13H28N2O4/c1-7-10(8-14-9-11(17-5)18-6)15-12(16)19-13(2,3)4/h10-11,14H,7-9H2,1-6H3,(H,15,16). The first-order valence-corrected chi connectivity index (χ1v) is 6.58. The summed E-state index contributed by atoms with van der Waals surface area (Å²) in [4.78, 5) is 11.6. The number of carbonyl (C=O) groups excluding carboxylic acids is 1. The van der Waals surface area contributed by atoms with E-state index in [0.29, 0.717) is 13.1 Å². The van der Waals surface area contributed by atoms with Gasteiger partial charge in [0.15, 0.2) is 6.29 Å². The highest BCUT2D eigenvalue weighted by Gasteiger charge is 2.18. The van der Waals surface area contributed by atoms with Crippen LogP contribution in [0.1, 0.15) is 34.1 Å². The van der Waals surface area contributed by atoms with Crippen molar-refractivity contribution in [1.82, 2.24) is 10.6 Å². The fraction of sp³-hybridized carbons (Fsp3) is 0.923. The molecule has 1 amide bonds. The second kappa shape index (κ2) is 9.12. The Morgan fingerprint density at radius 3 is 2.16 bits per heavy atom. The average molecular weight is 276 g/mol. The lowest BCUT2D eigenvalue weighted by Crippen LogP contribution is -2.45. The van der Waals surface area contributed by atoms with Crippen molar-refractivity contribution in [1.29, 1.82) is 0 Å². The van der Waals surface area contributed by atoms with Crippen molar-refractivity contribution in [3.8, 4) is 0 Å². The van der Waals surface area contributed by atoms with E-state index < -0.39 is 11.7 Å². The summed E-state index contributed by atoms with van der Waals surface area (Å²) in [5.41, 5.74) is -0.479. The maximum atomic E-state index is 11.6. The number of nitrogens with one attached hydrogen (secondary N) is 2. The molecule has 0 saturated heterocycles. The lowest BCUT2D eigenvalue weighted by Gasteiger charge is -2.23. The van der Waals surface area contributed by atoms with Crippen LogP contribution in [0.5, 0.6) is 0 Å². The third-order valence-corrected chi connectivity index (χ3v) is 2.44. The molecule has 0 radical (unpaired) electrons. The molecule has 2 N–H and O–H groups in total. The van der Waals surface area contributed by atoms with Crippen LogP contribution in [-0.4, -0.2) is 51.3 Å². The van der Waals surface area contributed by atoms with E-state index in [1.54, 1.807) is 14.2 Å². The summed E-state index contributed by atoms with van der Waals surface area (Å²) in [7, 11) is 3.18. The third kappa shape index (κ3) is 9.69. The van der Waals surface area contributed by atoms with E-state index in [1.807, 2.05) is 27.7 Å². The summed E-state index contributed by atoms with van der Waals surface area (Å²) in [5, 5.41) is 6.01. The third-order valence-electron chi connectivity index (χ3n) is 2.44. The molecule has 0 spiro atoms. The fourth-order valence-electron chi connectivity index (χ4n) is 1.41. The van der Waals surface area contributed by atoms with Gasteiger partial charge in [0, 0.05) is 33.4 Å². The molecule has 0 aliphatic heterocycles. The van der Waals surface area contributed by atoms with Gasteiger partial charge in [-0.2, -0.15) is 0 Å². The monoisotopic (exact) mass is 276 g/mol. The van der Waals surface area contributed by atoms with Crippen LogP contribution in [0.3, 0.4) is 0 Å². The maximum Gasteiger partial charge on any atom is 0.407 e. The van der Waals surface area contributed by atoms with Crippen LogP contribution in [-0.2, 0) is 14.2 Å². The van der Waals surface area contributed by atoms with Gasteiger partial charge in [-0.25, -0.2) is 4.79 Å². The molecule has 0 aliphatic carbocycles. The van der Waals surface area contributed by atoms with Crippen LogP contribution in [0.15, 0.2) is 0 Å². The van der Waals surface area contributed by atoms with Crippen molar-refractivity contribution in [2.24, 2.45) is 0 Å². The molecule has 0 fully saturated rings. The van der Waals surface area contributed by atoms with E-state index in [-0.39, 0.29) is 12.3 Å². The smallest absolute Gasteiger partial charge is 0.407 e. The van der Waals surface area contributed by atoms with Gasteiger partial charge in [0.1, 0.15) is 5.60 Å². The molecule has 1 atom stereocenters. The Morgan fingerprint density at radius 1 is 1.16 bits per heavy atom. The highest BCUT2D eigenvalue weighted by atomic mass is 16.7. The quantitative estimate of drug-likeness (QED) is 0.658. The summed E-state index contributed by atoms with van der Waals surface area (Å²) in [6.45, 7) is 8.74. The van der Waals surface area contributed by atoms with Crippen LogP contribution in [0, 0.1) is 0 Å². The number of carbonyl (C=O) groups is 1. The van der Waals surface area contributed by atoms with Gasteiger partial charge in [-0.1, -0.05) is 6.92 Å². The lowest BCUT2D eigenvalue weighted by molar-refractivity contribution is -0.0988. The Balaban J connectivity index is 3.98. The van der Waals surface area contributed by atoms with Gasteiger partial charge in [0.25, 0.3) is 0 Å². The molecule has 1 unspecified atom stereocenters. The molecule has 0 saturated carbocycles. The van der Waals surface area contributed by atoms with E-state index >= 15 is 0 Å². The number of hydrogen-bond acceptors (Lipinski definition) is 5. The average Bonchev–Trinajstić information content (AvgIpc) is 2.30. The molecule has 6 heteroatoms. The van der Waals surface area contributed by atoms with E-state index in [2.05, 4.69) is 10.6 Å². The van der Waals surface area contributed by atoms with E-state index in [0.717, 1.165) is 6.42 Å². The summed E-state index contributed by atoms with van der Waals surface area (Å²) in [5.74, 6) is 0. The van der Waals surface area contributed by atoms with Crippen LogP contribution in [0.2, 0.25) is 0 Å². The first kappa shape index (κ1) is 18.1. The molecule has 6 nitrogen and oxygen atoms in total. The van der Waals surface area contributed by atoms with Gasteiger partial charge < -0.3 is 24.8 Å². The van der Waals surface area contributed by atoms with Crippen LogP contribution in [0.25, 0.3) is 0 Å². The zero-order valence-corrected chi connectivity index (χ0v) is 12.9. The van der Waals surface area contributed by atoms with Crippen molar-refractivity contribution >= 4 is 6.09 Å². The Kier molecular flexibility index (Phi) is 8.71. The summed E-state index contributed by atoms with van der Waals surface area (Å²) in [6.07, 6.45) is 0.145. The SMILES string of the molecule is CCC(CNCC(OC)OC)NC(=O)OC(C)(C)C. The van der Waals surface area contributed by atoms with Gasteiger partial charge in [0.05, 0.1) is 0 Å². The number of alkyl carbamates (subject to hydrolysis) is 1. The Morgan fingerprint density at radius 2 is 1.74 bits per heavy atom. The molecule has 0 aromatic rings. The predicted octanol–water partition coefficient (Wildman–Crippen LogP) is 1.50. The minimum atomic E-state index is -0.479. The zero-order valence-electron chi connectivity index (χ0n) is 12.9. The minimum absolute atomic E-state index is 0.0178. The Hall–Kier alpha value is -0.850. The second-order valence-corrected chi connectivity index (χ2v) is 5.31. The molecule has 0 aromatic heterocycles. The summed E-state index contributed by atoms with van der Waals surface area (Å²) in [6, 6.07) is 0.0178. The predicted molar refractivity (Wildman–Crippen MR) is 74.1 cm³/mol. The van der Waals surface area contributed by atoms with Gasteiger partial charge >= 0.3 is 6.09 Å². The van der Waals surface area contributed by atoms with Gasteiger partial charge in [-0.3, -0.25) is 0 Å². The van der Waals surface area contributed by atoms with Crippen LogP contribution >= 0.6 is 0 Å². The normalized spacial score (nSPS) is 13.4. The van der Waals surface area contributed by atoms with E-state index in [9.17, 15) is 4.79 Å². The van der Waals surface area contributed by atoms with Gasteiger partial charge in [0.2, 0.25) is 0 Å². The van der Waals surface area contributed by atoms with Crippen molar-refractivity contribution in [3.05, 3.63) is 0 Å². The first-order chi connectivity index (χ1) is 8.82. The molecule has 0 rings (SSSR count). The molecule has 0 bridgehead atoms. The number of hydrogen-bond donors (Lipinski definition) is 2. The van der Waals surface area contributed by atoms with Crippen LogP contribution in [0.4, 0.5) is 4.79 Å². The van der Waals surface area contributed by atoms with Gasteiger partial charge in [-0.15, -0.1) is 0 Å². The van der Waals surface area contributed by atoms with Crippen molar-refractivity contribution in [2.45, 2.75) is 52.0 Å². The number of ether oxygens (including phenoxy) is 3. The molecule has 0 aliphatic rings. The maximum absolute atomic E-state index is 11.6. The Labute approximate surface area is 116 Å². The van der Waals surface area contributed by atoms with Crippen LogP contribution < -0.4 is 10.6 Å². The molecular weight excluding hydrogens is 248 g/mol. The number of methoxy groups -OCH3 is 2. The van der Waals surface area contributed by atoms with E-state index in [1.165, 1.54) is 0 Å². The lowest BCUT2D eigenvalue weighted by atomic mass is 10.2. The molecule has 19 heavy (non-hydrogen) atoms. The fourth-order valence-corrected chi connectivity index (χ4v) is 1.41. The molecular formula is C13H28N2O4. The number of amides is 1. The topological polar surface area (TPSA) is 68.8 Å².